The number of imide groups is 1. The molecule has 0 bridgehead atoms. The molecule has 1 aliphatic heterocycles. The molecular weight excluding hydrogens is 450 g/mol. The van der Waals surface area contributed by atoms with Crippen LogP contribution in [0.2, 0.25) is 25.7 Å². The van der Waals surface area contributed by atoms with Crippen LogP contribution in [0, 0.1) is 11.8 Å². The third-order valence-electron chi connectivity index (χ3n) is 5.99. The lowest BCUT2D eigenvalue weighted by molar-refractivity contribution is -0.134. The number of amides is 2. The molecule has 0 spiro atoms. The van der Waals surface area contributed by atoms with E-state index in [0.717, 1.165) is 11.6 Å². The summed E-state index contributed by atoms with van der Waals surface area (Å²) in [4.78, 5) is 27.6. The fourth-order valence-electron chi connectivity index (χ4n) is 4.10. The molecule has 3 rings (SSSR count). The summed E-state index contributed by atoms with van der Waals surface area (Å²) in [6.07, 6.45) is -0.153. The van der Waals surface area contributed by atoms with E-state index in [9.17, 15) is 9.59 Å². The van der Waals surface area contributed by atoms with E-state index in [2.05, 4.69) is 49.0 Å². The first-order chi connectivity index (χ1) is 16.1. The van der Waals surface area contributed by atoms with Gasteiger partial charge in [0.2, 0.25) is 5.91 Å². The SMILES string of the molecule is CC(C)C[C@@H](Cc1nnnn1COCC[Si](C)(C)C)C(=O)N1C(=O)O[C@@H](c2ccccc2)[C@H]1C. The fraction of sp³-hybridized carbons (Fsp3) is 0.625. The normalized spacial score (nSPS) is 19.5. The minimum Gasteiger partial charge on any atom is -0.439 e. The summed E-state index contributed by atoms with van der Waals surface area (Å²) in [5.74, 6) is 0.132. The Bertz CT molecular complexity index is 960. The maximum absolute atomic E-state index is 13.6. The lowest BCUT2D eigenvalue weighted by Gasteiger charge is -2.25. The van der Waals surface area contributed by atoms with Crippen LogP contribution >= 0.6 is 0 Å². The number of cyclic esters (lactones) is 1. The highest BCUT2D eigenvalue weighted by Crippen LogP contribution is 2.34. The Kier molecular flexibility index (Phi) is 8.59. The van der Waals surface area contributed by atoms with Crippen molar-refractivity contribution in [3.63, 3.8) is 0 Å². The highest BCUT2D eigenvalue weighted by molar-refractivity contribution is 6.76. The molecule has 1 aromatic heterocycles. The summed E-state index contributed by atoms with van der Waals surface area (Å²) in [6.45, 7) is 13.8. The molecule has 34 heavy (non-hydrogen) atoms. The first-order valence-corrected chi connectivity index (χ1v) is 15.7. The number of rotatable bonds is 11. The molecule has 0 radical (unpaired) electrons. The molecule has 0 saturated carbocycles. The van der Waals surface area contributed by atoms with Crippen molar-refractivity contribution in [3.05, 3.63) is 41.7 Å². The predicted molar refractivity (Wildman–Crippen MR) is 131 cm³/mol. The summed E-state index contributed by atoms with van der Waals surface area (Å²) in [5.41, 5.74) is 0.874. The smallest absolute Gasteiger partial charge is 0.417 e. The van der Waals surface area contributed by atoms with E-state index in [0.29, 0.717) is 25.3 Å². The van der Waals surface area contributed by atoms with Crippen molar-refractivity contribution in [2.75, 3.05) is 6.61 Å². The molecule has 1 saturated heterocycles. The third-order valence-corrected chi connectivity index (χ3v) is 7.69. The topological polar surface area (TPSA) is 99.4 Å². The Morgan fingerprint density at radius 3 is 2.56 bits per heavy atom. The molecule has 1 fully saturated rings. The van der Waals surface area contributed by atoms with E-state index in [1.165, 1.54) is 4.90 Å². The first kappa shape index (κ1) is 26.0. The Hall–Kier alpha value is -2.59. The number of benzene rings is 1. The van der Waals surface area contributed by atoms with Crippen LogP contribution in [0.25, 0.3) is 0 Å². The van der Waals surface area contributed by atoms with Crippen LogP contribution < -0.4 is 0 Å². The van der Waals surface area contributed by atoms with Gasteiger partial charge in [-0.15, -0.1) is 5.10 Å². The minimum absolute atomic E-state index is 0.244. The number of hydrogen-bond donors (Lipinski definition) is 0. The van der Waals surface area contributed by atoms with Crippen molar-refractivity contribution in [2.45, 2.75) is 78.2 Å². The molecule has 10 heteroatoms. The van der Waals surface area contributed by atoms with Gasteiger partial charge >= 0.3 is 6.09 Å². The zero-order chi connectivity index (χ0) is 24.9. The number of nitrogens with zero attached hydrogens (tertiary/aromatic N) is 5. The molecule has 0 N–H and O–H groups in total. The highest BCUT2D eigenvalue weighted by atomic mass is 28.3. The molecule has 3 atom stereocenters. The Morgan fingerprint density at radius 1 is 1.21 bits per heavy atom. The molecule has 1 aromatic carbocycles. The first-order valence-electron chi connectivity index (χ1n) is 12.0. The van der Waals surface area contributed by atoms with Gasteiger partial charge in [0.05, 0.1) is 6.04 Å². The Balaban J connectivity index is 1.71. The predicted octanol–water partition coefficient (Wildman–Crippen LogP) is 4.30. The van der Waals surface area contributed by atoms with Crippen molar-refractivity contribution < 1.29 is 19.1 Å². The fourth-order valence-corrected chi connectivity index (χ4v) is 4.86. The van der Waals surface area contributed by atoms with Crippen molar-refractivity contribution in [2.24, 2.45) is 11.8 Å². The number of aromatic nitrogens is 4. The van der Waals surface area contributed by atoms with Crippen molar-refractivity contribution in [1.82, 2.24) is 25.1 Å². The van der Waals surface area contributed by atoms with Crippen molar-refractivity contribution in [3.8, 4) is 0 Å². The molecule has 9 nitrogen and oxygen atoms in total. The van der Waals surface area contributed by atoms with E-state index >= 15 is 0 Å². The summed E-state index contributed by atoms with van der Waals surface area (Å²) in [6, 6.07) is 10.2. The van der Waals surface area contributed by atoms with Gasteiger partial charge in [-0.25, -0.2) is 14.4 Å². The average molecular weight is 488 g/mol. The third kappa shape index (κ3) is 6.72. The van der Waals surface area contributed by atoms with Crippen LogP contribution in [-0.4, -0.2) is 57.8 Å². The van der Waals surface area contributed by atoms with E-state index in [1.54, 1.807) is 4.68 Å². The van der Waals surface area contributed by atoms with Gasteiger partial charge < -0.3 is 9.47 Å². The van der Waals surface area contributed by atoms with Gasteiger partial charge in [0.1, 0.15) is 12.8 Å². The lowest BCUT2D eigenvalue weighted by atomic mass is 9.91. The van der Waals surface area contributed by atoms with E-state index in [4.69, 9.17) is 9.47 Å². The second kappa shape index (κ2) is 11.2. The molecule has 1 aliphatic rings. The molecule has 186 valence electrons. The van der Waals surface area contributed by atoms with E-state index in [-0.39, 0.29) is 18.6 Å². The largest absolute Gasteiger partial charge is 0.439 e. The van der Waals surface area contributed by atoms with Gasteiger partial charge in [0.15, 0.2) is 5.82 Å². The second-order valence-corrected chi connectivity index (χ2v) is 16.3. The minimum atomic E-state index is -1.19. The molecular formula is C24H37N5O4Si. The number of carbonyl (C=O) groups excluding carboxylic acids is 2. The molecule has 0 unspecified atom stereocenters. The number of tetrazole rings is 1. The molecule has 0 aliphatic carbocycles. The Labute approximate surface area is 202 Å². The number of hydrogen-bond acceptors (Lipinski definition) is 7. The van der Waals surface area contributed by atoms with Gasteiger partial charge in [0.25, 0.3) is 0 Å². The summed E-state index contributed by atoms with van der Waals surface area (Å²) < 4.78 is 13.0. The zero-order valence-corrected chi connectivity index (χ0v) is 22.1. The van der Waals surface area contributed by atoms with Crippen molar-refractivity contribution >= 4 is 20.1 Å². The van der Waals surface area contributed by atoms with Crippen LogP contribution in [0.5, 0.6) is 0 Å². The molecule has 2 aromatic rings. The maximum Gasteiger partial charge on any atom is 0.417 e. The molecule has 2 amide bonds. The van der Waals surface area contributed by atoms with E-state index < -0.39 is 32.2 Å². The van der Waals surface area contributed by atoms with Crippen LogP contribution in [0.15, 0.2) is 30.3 Å². The van der Waals surface area contributed by atoms with Gasteiger partial charge in [-0.05, 0) is 41.3 Å². The average Bonchev–Trinajstić information content (AvgIpc) is 3.33. The van der Waals surface area contributed by atoms with Gasteiger partial charge in [0, 0.05) is 27.0 Å². The van der Waals surface area contributed by atoms with Crippen LogP contribution in [0.1, 0.15) is 44.7 Å². The second-order valence-electron chi connectivity index (χ2n) is 10.6. The van der Waals surface area contributed by atoms with Gasteiger partial charge in [-0.2, -0.15) is 0 Å². The van der Waals surface area contributed by atoms with Gasteiger partial charge in [-0.3, -0.25) is 4.79 Å². The number of carbonyl (C=O) groups is 2. The maximum atomic E-state index is 13.6. The summed E-state index contributed by atoms with van der Waals surface area (Å²) >= 11 is 0. The standard InChI is InChI=1S/C24H37N5O4Si/c1-17(2)14-20(15-21-25-26-27-28(21)16-32-12-13-34(4,5)6)23(30)29-18(3)22(33-24(29)31)19-10-8-7-9-11-19/h7-11,17-18,20,22H,12-16H2,1-6H3/t18-,20+,22-/m1/s1. The summed E-state index contributed by atoms with van der Waals surface area (Å²) in [7, 11) is -1.19. The van der Waals surface area contributed by atoms with Gasteiger partial charge in [-0.1, -0.05) is 63.8 Å². The zero-order valence-electron chi connectivity index (χ0n) is 21.1. The monoisotopic (exact) mass is 487 g/mol. The highest BCUT2D eigenvalue weighted by Gasteiger charge is 2.45. The Morgan fingerprint density at radius 2 is 1.91 bits per heavy atom. The van der Waals surface area contributed by atoms with Crippen LogP contribution in [0.4, 0.5) is 4.79 Å². The lowest BCUT2D eigenvalue weighted by Crippen LogP contribution is -2.43. The number of ether oxygens (including phenoxy) is 2. The van der Waals surface area contributed by atoms with Crippen LogP contribution in [-0.2, 0) is 27.4 Å². The van der Waals surface area contributed by atoms with Crippen LogP contribution in [0.3, 0.4) is 0 Å². The van der Waals surface area contributed by atoms with E-state index in [1.807, 2.05) is 37.3 Å². The quantitative estimate of drug-likeness (QED) is 0.344. The molecule has 2 heterocycles. The van der Waals surface area contributed by atoms with Crippen molar-refractivity contribution in [1.29, 1.82) is 0 Å². The summed E-state index contributed by atoms with van der Waals surface area (Å²) in [5, 5.41) is 12.0.